The number of fused-ring (bicyclic) bond motifs is 3. The Kier molecular flexibility index (Phi) is 6.86. The van der Waals surface area contributed by atoms with E-state index < -0.39 is 11.6 Å². The van der Waals surface area contributed by atoms with Crippen LogP contribution in [0.5, 0.6) is 0 Å². The van der Waals surface area contributed by atoms with Crippen molar-refractivity contribution >= 4 is 39.9 Å². The lowest BCUT2D eigenvalue weighted by Crippen LogP contribution is -2.43. The van der Waals surface area contributed by atoms with Gasteiger partial charge in [0.1, 0.15) is 0 Å². The maximum atomic E-state index is 12.9. The van der Waals surface area contributed by atoms with E-state index in [2.05, 4.69) is 37.3 Å². The summed E-state index contributed by atoms with van der Waals surface area (Å²) < 4.78 is 28.7. The number of piperazine rings is 1. The zero-order chi connectivity index (χ0) is 23.4. The molecule has 1 aliphatic heterocycles. The fourth-order valence-corrected chi connectivity index (χ4v) is 3.63. The van der Waals surface area contributed by atoms with Crippen LogP contribution in [0.25, 0.3) is 16.7 Å². The van der Waals surface area contributed by atoms with E-state index in [1.165, 1.54) is 16.6 Å². The van der Waals surface area contributed by atoms with Crippen LogP contribution in [0, 0.1) is 23.5 Å². The number of halogens is 3. The maximum absolute atomic E-state index is 12.9. The smallest absolute Gasteiger partial charge is 0.226 e. The number of nitrogens with zero attached hydrogens (tertiary/aromatic N) is 7. The number of nitrogens with one attached hydrogen (secondary N) is 1. The highest BCUT2D eigenvalue weighted by Gasteiger charge is 2.15. The van der Waals surface area contributed by atoms with Crippen molar-refractivity contribution in [3.8, 4) is 11.8 Å². The third-order valence-electron chi connectivity index (χ3n) is 5.02. The fourth-order valence-electron chi connectivity index (χ4n) is 3.47. The molecule has 0 aliphatic carbocycles. The van der Waals surface area contributed by atoms with Crippen molar-refractivity contribution in [1.82, 2.24) is 34.7 Å². The van der Waals surface area contributed by atoms with Gasteiger partial charge in [0.05, 0.1) is 18.1 Å². The van der Waals surface area contributed by atoms with Gasteiger partial charge >= 0.3 is 0 Å². The number of nitrogens with two attached hydrogens (primary N) is 1. The quantitative estimate of drug-likeness (QED) is 0.347. The van der Waals surface area contributed by atoms with Gasteiger partial charge in [0.2, 0.25) is 11.8 Å². The monoisotopic (exact) mass is 473 g/mol. The summed E-state index contributed by atoms with van der Waals surface area (Å²) in [5.41, 5.74) is 7.88. The highest BCUT2D eigenvalue weighted by molar-refractivity contribution is 6.17. The van der Waals surface area contributed by atoms with E-state index in [9.17, 15) is 8.78 Å². The summed E-state index contributed by atoms with van der Waals surface area (Å²) in [5, 5.41) is 12.4. The van der Waals surface area contributed by atoms with Crippen molar-refractivity contribution in [3.05, 3.63) is 41.9 Å². The second-order valence-corrected chi connectivity index (χ2v) is 7.52. The lowest BCUT2D eigenvalue weighted by atomic mass is 10.2. The summed E-state index contributed by atoms with van der Waals surface area (Å²) in [5.74, 6) is 5.09. The summed E-state index contributed by atoms with van der Waals surface area (Å²) in [4.78, 5) is 10.7. The van der Waals surface area contributed by atoms with Crippen LogP contribution in [0.2, 0.25) is 0 Å². The highest BCUT2D eigenvalue weighted by atomic mass is 35.5. The van der Waals surface area contributed by atoms with Gasteiger partial charge in [0, 0.05) is 43.8 Å². The molecule has 3 N–H and O–H groups in total. The van der Waals surface area contributed by atoms with Crippen molar-refractivity contribution in [3.63, 3.8) is 0 Å². The van der Waals surface area contributed by atoms with Gasteiger partial charge in [-0.25, -0.2) is 13.5 Å². The molecule has 5 rings (SSSR count). The van der Waals surface area contributed by atoms with Gasteiger partial charge in [-0.1, -0.05) is 5.92 Å². The number of benzene rings is 1. The Morgan fingerprint density at radius 3 is 2.64 bits per heavy atom. The minimum atomic E-state index is -0.788. The van der Waals surface area contributed by atoms with E-state index in [-0.39, 0.29) is 5.95 Å². The van der Waals surface area contributed by atoms with Crippen LogP contribution >= 0.6 is 11.6 Å². The Morgan fingerprint density at radius 1 is 1.15 bits per heavy atom. The van der Waals surface area contributed by atoms with Crippen molar-refractivity contribution in [1.29, 1.82) is 0 Å². The second-order valence-electron chi connectivity index (χ2n) is 7.15. The van der Waals surface area contributed by atoms with E-state index in [0.29, 0.717) is 29.5 Å². The molecular weight excluding hydrogens is 452 g/mol. The predicted octanol–water partition coefficient (Wildman–Crippen LogP) is 2.04. The molecule has 0 atom stereocenters. The molecule has 4 heterocycles. The molecule has 1 aliphatic rings. The molecular formula is C21H22ClF2N9. The molecule has 1 saturated heterocycles. The highest BCUT2D eigenvalue weighted by Crippen LogP contribution is 2.19. The first-order valence-corrected chi connectivity index (χ1v) is 10.8. The molecule has 4 aromatic rings. The van der Waals surface area contributed by atoms with Gasteiger partial charge < -0.3 is 16.0 Å². The average molecular weight is 474 g/mol. The zero-order valence-electron chi connectivity index (χ0n) is 17.9. The van der Waals surface area contributed by atoms with Crippen molar-refractivity contribution in [2.75, 3.05) is 42.7 Å². The molecule has 33 heavy (non-hydrogen) atoms. The average Bonchev–Trinajstić information content (AvgIpc) is 3.42. The van der Waals surface area contributed by atoms with Crippen LogP contribution in [0.1, 0.15) is 12.7 Å². The molecule has 0 saturated carbocycles. The summed E-state index contributed by atoms with van der Waals surface area (Å²) in [6, 6.07) is 4.04. The molecule has 0 bridgehead atoms. The number of nitrogen functional groups attached to an aromatic ring is 1. The molecule has 0 radical (unpaired) electrons. The van der Waals surface area contributed by atoms with Gasteiger partial charge in [-0.2, -0.15) is 19.6 Å². The van der Waals surface area contributed by atoms with Gasteiger partial charge in [-0.3, -0.25) is 0 Å². The molecule has 1 aromatic carbocycles. The first-order valence-electron chi connectivity index (χ1n) is 10.3. The van der Waals surface area contributed by atoms with E-state index in [4.69, 9.17) is 17.3 Å². The molecule has 0 amide bonds. The van der Waals surface area contributed by atoms with Crippen LogP contribution in [0.3, 0.4) is 0 Å². The first kappa shape index (κ1) is 22.7. The number of anilines is 2. The van der Waals surface area contributed by atoms with Gasteiger partial charge in [-0.05, 0) is 25.0 Å². The van der Waals surface area contributed by atoms with Crippen LogP contribution in [0.4, 0.5) is 20.4 Å². The molecule has 0 unspecified atom stereocenters. The van der Waals surface area contributed by atoms with Crippen molar-refractivity contribution < 1.29 is 8.78 Å². The van der Waals surface area contributed by atoms with E-state index in [0.717, 1.165) is 37.3 Å². The zero-order valence-corrected chi connectivity index (χ0v) is 18.6. The largest absolute Gasteiger partial charge is 0.369 e. The standard InChI is InChI=1S/C11H10ClN7.C10H12F2N2/c1-2-3-8-15-10-7-6-14-18(5-4-12)9(7)16-11(13)19(10)17-8;11-9-2-1-8(7-10(9)12)14-5-3-13-4-6-14/h6H,4-5H2,1H3,(H2,13,16);1-2,7,13H,3-6H2. The number of alkyl halides is 1. The molecule has 0 spiro atoms. The third-order valence-corrected chi connectivity index (χ3v) is 5.18. The van der Waals surface area contributed by atoms with E-state index >= 15 is 0 Å². The van der Waals surface area contributed by atoms with E-state index in [1.54, 1.807) is 23.9 Å². The number of rotatable bonds is 3. The topological polar surface area (TPSA) is 102 Å². The summed E-state index contributed by atoms with van der Waals surface area (Å²) in [6.45, 7) is 5.74. The third kappa shape index (κ3) is 4.81. The number of hydrogen-bond donors (Lipinski definition) is 2. The molecule has 3 aromatic heterocycles. The molecule has 12 heteroatoms. The Labute approximate surface area is 193 Å². The van der Waals surface area contributed by atoms with Gasteiger partial charge in [-0.15, -0.1) is 16.7 Å². The maximum Gasteiger partial charge on any atom is 0.226 e. The normalized spacial score (nSPS) is 13.5. The first-order chi connectivity index (χ1) is 16.0. The van der Waals surface area contributed by atoms with Gasteiger partial charge in [0.15, 0.2) is 22.9 Å². The van der Waals surface area contributed by atoms with Crippen LogP contribution in [-0.2, 0) is 6.54 Å². The second kappa shape index (κ2) is 9.97. The van der Waals surface area contributed by atoms with Crippen molar-refractivity contribution in [2.45, 2.75) is 13.5 Å². The Bertz CT molecular complexity index is 1330. The number of hydrogen-bond acceptors (Lipinski definition) is 7. The summed E-state index contributed by atoms with van der Waals surface area (Å²) in [7, 11) is 0. The van der Waals surface area contributed by atoms with Crippen LogP contribution in [0.15, 0.2) is 24.4 Å². The Balaban J connectivity index is 0.000000165. The van der Waals surface area contributed by atoms with E-state index in [1.807, 2.05) is 4.90 Å². The number of aryl methyl sites for hydroxylation is 1. The minimum Gasteiger partial charge on any atom is -0.369 e. The Morgan fingerprint density at radius 2 is 1.94 bits per heavy atom. The summed E-state index contributed by atoms with van der Waals surface area (Å²) in [6.07, 6.45) is 1.68. The van der Waals surface area contributed by atoms with Gasteiger partial charge in [0.25, 0.3) is 0 Å². The summed E-state index contributed by atoms with van der Waals surface area (Å²) >= 11 is 5.73. The van der Waals surface area contributed by atoms with Crippen LogP contribution in [-0.4, -0.2) is 61.4 Å². The lowest BCUT2D eigenvalue weighted by Gasteiger charge is -2.29. The lowest BCUT2D eigenvalue weighted by molar-refractivity contribution is 0.507. The fraction of sp³-hybridized carbons (Fsp3) is 0.333. The predicted molar refractivity (Wildman–Crippen MR) is 123 cm³/mol. The molecule has 9 nitrogen and oxygen atoms in total. The molecule has 172 valence electrons. The van der Waals surface area contributed by atoms with Crippen molar-refractivity contribution in [2.24, 2.45) is 0 Å². The number of aromatic nitrogens is 6. The SMILES string of the molecule is CC#Cc1nc2c3cnn(CCCl)c3nc(N)n2n1.Fc1ccc(N2CCNCC2)cc1F. The Hall–Kier alpha value is -3.49. The minimum absolute atomic E-state index is 0.246. The van der Waals surface area contributed by atoms with Crippen LogP contribution < -0.4 is 16.0 Å². The molecule has 1 fully saturated rings.